The second-order valence-electron chi connectivity index (χ2n) is 7.18. The Labute approximate surface area is 165 Å². The summed E-state index contributed by atoms with van der Waals surface area (Å²) in [7, 11) is 0. The van der Waals surface area contributed by atoms with Gasteiger partial charge in [-0.2, -0.15) is 18.3 Å². The van der Waals surface area contributed by atoms with Crippen molar-refractivity contribution in [3.05, 3.63) is 66.5 Å². The summed E-state index contributed by atoms with van der Waals surface area (Å²) in [5.41, 5.74) is 8.25. The number of hydrogen-bond acceptors (Lipinski definition) is 4. The van der Waals surface area contributed by atoms with E-state index in [1.807, 2.05) is 24.3 Å². The molecule has 1 unspecified atom stereocenters. The van der Waals surface area contributed by atoms with E-state index < -0.39 is 17.6 Å². The zero-order valence-electron chi connectivity index (χ0n) is 15.5. The summed E-state index contributed by atoms with van der Waals surface area (Å²) in [4.78, 5) is 0. The minimum absolute atomic E-state index is 0.160. The lowest BCUT2D eigenvalue weighted by Gasteiger charge is -2.38. The molecule has 1 fully saturated rings. The van der Waals surface area contributed by atoms with Crippen molar-refractivity contribution in [2.45, 2.75) is 18.1 Å². The van der Waals surface area contributed by atoms with Crippen LogP contribution in [-0.4, -0.2) is 29.2 Å². The maximum absolute atomic E-state index is 12.8. The number of ether oxygens (including phenoxy) is 2. The molecule has 1 aliphatic carbocycles. The van der Waals surface area contributed by atoms with Crippen molar-refractivity contribution in [2.75, 3.05) is 13.2 Å². The molecule has 1 aliphatic heterocycles. The van der Waals surface area contributed by atoms with Gasteiger partial charge in [0.1, 0.15) is 5.76 Å². The van der Waals surface area contributed by atoms with Gasteiger partial charge < -0.3 is 15.2 Å². The maximum Gasteiger partial charge on any atom is 0.395 e. The molecule has 0 amide bonds. The molecule has 0 radical (unpaired) electrons. The van der Waals surface area contributed by atoms with Gasteiger partial charge in [-0.15, -0.1) is 0 Å². The summed E-state index contributed by atoms with van der Waals surface area (Å²) in [5.74, 6) is -0.797. The van der Waals surface area contributed by atoms with Crippen molar-refractivity contribution < 1.29 is 22.6 Å². The molecule has 0 spiro atoms. The van der Waals surface area contributed by atoms with Gasteiger partial charge in [-0.1, -0.05) is 30.9 Å². The van der Waals surface area contributed by atoms with Crippen LogP contribution >= 0.6 is 0 Å². The van der Waals surface area contributed by atoms with Gasteiger partial charge in [0.2, 0.25) is 5.88 Å². The molecule has 0 saturated carbocycles. The number of allylic oxidation sites excluding steroid dienone is 3. The summed E-state index contributed by atoms with van der Waals surface area (Å²) in [6, 6.07) is 9.42. The highest BCUT2D eigenvalue weighted by molar-refractivity contribution is 5.62. The second kappa shape index (κ2) is 7.20. The molecule has 5 nitrogen and oxygen atoms in total. The first-order valence-corrected chi connectivity index (χ1v) is 9.11. The fourth-order valence-corrected chi connectivity index (χ4v) is 3.24. The van der Waals surface area contributed by atoms with Gasteiger partial charge in [0.05, 0.1) is 30.4 Å². The molecule has 1 saturated heterocycles. The number of hydrogen-bond donors (Lipinski definition) is 1. The minimum Gasteiger partial charge on any atom is -0.439 e. The third-order valence-electron chi connectivity index (χ3n) is 5.04. The van der Waals surface area contributed by atoms with Crippen LogP contribution in [0.4, 0.5) is 13.2 Å². The largest absolute Gasteiger partial charge is 0.439 e. The first kappa shape index (κ1) is 19.5. The molecular formula is C21H20F3N3O2. The van der Waals surface area contributed by atoms with Crippen molar-refractivity contribution in [2.24, 2.45) is 11.7 Å². The molecule has 4 rings (SSSR count). The molecule has 1 aromatic heterocycles. The van der Waals surface area contributed by atoms with Gasteiger partial charge in [0.25, 0.3) is 0 Å². The van der Waals surface area contributed by atoms with Crippen molar-refractivity contribution in [3.63, 3.8) is 0 Å². The number of rotatable bonds is 5. The lowest BCUT2D eigenvalue weighted by atomic mass is 9.88. The average Bonchev–Trinajstić information content (AvgIpc) is 3.09. The summed E-state index contributed by atoms with van der Waals surface area (Å²) >= 11 is 0. The van der Waals surface area contributed by atoms with E-state index in [-0.39, 0.29) is 6.42 Å². The number of aromatic nitrogens is 2. The number of alkyl halides is 3. The predicted octanol–water partition coefficient (Wildman–Crippen LogP) is 4.24. The minimum atomic E-state index is -4.26. The van der Waals surface area contributed by atoms with E-state index in [9.17, 15) is 13.2 Å². The van der Waals surface area contributed by atoms with Crippen LogP contribution in [0.3, 0.4) is 0 Å². The van der Waals surface area contributed by atoms with Gasteiger partial charge in [0, 0.05) is 17.8 Å². The number of nitrogens with two attached hydrogens (primary N) is 1. The van der Waals surface area contributed by atoms with Gasteiger partial charge >= 0.3 is 6.18 Å². The van der Waals surface area contributed by atoms with E-state index in [1.165, 1.54) is 23.0 Å². The summed E-state index contributed by atoms with van der Waals surface area (Å²) < 4.78 is 50.8. The molecule has 29 heavy (non-hydrogen) atoms. The highest BCUT2D eigenvalue weighted by atomic mass is 19.4. The molecule has 2 heterocycles. The van der Waals surface area contributed by atoms with Crippen molar-refractivity contribution >= 4 is 6.20 Å². The number of halogens is 3. The Bertz CT molecular complexity index is 987. The highest BCUT2D eigenvalue weighted by Crippen LogP contribution is 2.34. The Kier molecular flexibility index (Phi) is 4.84. The third-order valence-corrected chi connectivity index (χ3v) is 5.04. The van der Waals surface area contributed by atoms with E-state index in [2.05, 4.69) is 11.7 Å². The van der Waals surface area contributed by atoms with E-state index >= 15 is 0 Å². The van der Waals surface area contributed by atoms with Crippen LogP contribution < -0.4 is 10.5 Å². The Morgan fingerprint density at radius 3 is 2.69 bits per heavy atom. The molecule has 2 N–H and O–H groups in total. The quantitative estimate of drug-likeness (QED) is 0.811. The predicted molar refractivity (Wildman–Crippen MR) is 103 cm³/mol. The van der Waals surface area contributed by atoms with Crippen LogP contribution in [0.1, 0.15) is 12.0 Å². The Morgan fingerprint density at radius 1 is 1.31 bits per heavy atom. The normalized spacial score (nSPS) is 20.7. The van der Waals surface area contributed by atoms with Crippen LogP contribution in [0.15, 0.2) is 60.9 Å². The summed E-state index contributed by atoms with van der Waals surface area (Å²) in [5, 5.41) is 4.46. The third kappa shape index (κ3) is 3.86. The lowest BCUT2D eigenvalue weighted by Crippen LogP contribution is -2.54. The first-order valence-electron chi connectivity index (χ1n) is 9.11. The van der Waals surface area contributed by atoms with Crippen LogP contribution in [0.2, 0.25) is 0 Å². The molecular weight excluding hydrogens is 383 g/mol. The van der Waals surface area contributed by atoms with Crippen molar-refractivity contribution in [1.29, 1.82) is 0 Å². The summed E-state index contributed by atoms with van der Waals surface area (Å²) in [6.07, 6.45) is 0.914. The van der Waals surface area contributed by atoms with E-state index in [0.717, 1.165) is 17.2 Å². The van der Waals surface area contributed by atoms with E-state index in [0.29, 0.717) is 30.5 Å². The second-order valence-corrected chi connectivity index (χ2v) is 7.18. The smallest absolute Gasteiger partial charge is 0.395 e. The lowest BCUT2D eigenvalue weighted by molar-refractivity contribution is -0.160. The average molecular weight is 403 g/mol. The molecule has 8 heteroatoms. The number of nitrogens with zero attached hydrogens (tertiary/aromatic N) is 2. The molecule has 1 atom stereocenters. The first-order chi connectivity index (χ1) is 13.8. The highest BCUT2D eigenvalue weighted by Gasteiger charge is 2.38. The van der Waals surface area contributed by atoms with Gasteiger partial charge in [0.15, 0.2) is 0 Å². The zero-order valence-corrected chi connectivity index (χ0v) is 15.5. The topological polar surface area (TPSA) is 62.3 Å². The standard InChI is InChI=1S/C21H20F3N3O2/c1-2-27-19(29-17-8-6-15(7-9-17)21(22,23)24)11-18(26-27)14-4-3-5-16(10-14)20(25)12-28-13-20/h2-6,8-11,15H,1,7,12-13,25H2. The zero-order chi connectivity index (χ0) is 20.6. The maximum atomic E-state index is 12.8. The molecule has 2 aliphatic rings. The van der Waals surface area contributed by atoms with Gasteiger partial charge in [-0.05, 0) is 30.2 Å². The SMILES string of the molecule is C=Cn1nc(-c2cccc(C3(N)COC3)c2)cc1OC1=CCC(C(F)(F)F)C=C1. The Morgan fingerprint density at radius 2 is 2.10 bits per heavy atom. The van der Waals surface area contributed by atoms with Crippen LogP contribution in [0.25, 0.3) is 17.5 Å². The fourth-order valence-electron chi connectivity index (χ4n) is 3.24. The monoisotopic (exact) mass is 403 g/mol. The van der Waals surface area contributed by atoms with Crippen molar-refractivity contribution in [3.8, 4) is 17.1 Å². The molecule has 1 aromatic carbocycles. The molecule has 152 valence electrons. The molecule has 0 bridgehead atoms. The Hall–Kier alpha value is -2.84. The van der Waals surface area contributed by atoms with E-state index in [1.54, 1.807) is 6.07 Å². The summed E-state index contributed by atoms with van der Waals surface area (Å²) in [6.45, 7) is 4.64. The van der Waals surface area contributed by atoms with Crippen LogP contribution in [0.5, 0.6) is 5.88 Å². The molecule has 2 aromatic rings. The Balaban J connectivity index is 1.56. The van der Waals surface area contributed by atoms with Crippen molar-refractivity contribution in [1.82, 2.24) is 9.78 Å². The van der Waals surface area contributed by atoms with E-state index in [4.69, 9.17) is 15.2 Å². The van der Waals surface area contributed by atoms with Gasteiger partial charge in [-0.3, -0.25) is 0 Å². The fraction of sp³-hybridized carbons (Fsp3) is 0.286. The van der Waals surface area contributed by atoms with Crippen LogP contribution in [-0.2, 0) is 10.3 Å². The number of benzene rings is 1. The van der Waals surface area contributed by atoms with Crippen LogP contribution in [0, 0.1) is 5.92 Å². The van der Waals surface area contributed by atoms with Gasteiger partial charge in [-0.25, -0.2) is 4.68 Å².